The van der Waals surface area contributed by atoms with Crippen molar-refractivity contribution in [3.8, 4) is 0 Å². The van der Waals surface area contributed by atoms with E-state index in [1.165, 1.54) is 12.8 Å². The van der Waals surface area contributed by atoms with E-state index in [9.17, 15) is 0 Å². The molecule has 2 aromatic heterocycles. The van der Waals surface area contributed by atoms with Crippen molar-refractivity contribution in [2.24, 2.45) is 5.92 Å². The van der Waals surface area contributed by atoms with Crippen LogP contribution in [-0.2, 0) is 0 Å². The molecule has 2 fully saturated rings. The van der Waals surface area contributed by atoms with E-state index in [0.717, 1.165) is 41.9 Å². The Labute approximate surface area is 144 Å². The molecule has 2 saturated heterocycles. The Hall–Kier alpha value is -2.05. The molecule has 5 rings (SSSR count). The van der Waals surface area contributed by atoms with E-state index in [2.05, 4.69) is 20.2 Å². The zero-order chi connectivity index (χ0) is 16.3. The van der Waals surface area contributed by atoms with Crippen molar-refractivity contribution in [2.45, 2.75) is 18.9 Å². The van der Waals surface area contributed by atoms with Crippen molar-refractivity contribution in [2.75, 3.05) is 30.3 Å². The first-order chi connectivity index (χ1) is 11.7. The molecule has 2 atom stereocenters. The summed E-state index contributed by atoms with van der Waals surface area (Å²) >= 11 is 6.13. The normalized spacial score (nSPS) is 24.0. The molecule has 0 saturated carbocycles. The van der Waals surface area contributed by atoms with Crippen LogP contribution in [0.25, 0.3) is 22.1 Å². The molecule has 3 N–H and O–H groups in total. The summed E-state index contributed by atoms with van der Waals surface area (Å²) in [6.45, 7) is 2.99. The molecule has 6 nitrogen and oxygen atoms in total. The lowest BCUT2D eigenvalue weighted by Crippen LogP contribution is -2.40. The van der Waals surface area contributed by atoms with Gasteiger partial charge in [-0.2, -0.15) is 4.98 Å². The molecule has 0 spiro atoms. The number of hydrogen-bond donors (Lipinski definition) is 2. The van der Waals surface area contributed by atoms with Gasteiger partial charge in [0.1, 0.15) is 11.1 Å². The van der Waals surface area contributed by atoms with Gasteiger partial charge in [-0.05, 0) is 43.5 Å². The minimum Gasteiger partial charge on any atom is -0.450 e. The van der Waals surface area contributed by atoms with Gasteiger partial charge in [-0.1, -0.05) is 11.6 Å². The highest BCUT2D eigenvalue weighted by Crippen LogP contribution is 2.37. The number of aromatic nitrogens is 2. The summed E-state index contributed by atoms with van der Waals surface area (Å²) in [5, 5.41) is 5.14. The molecule has 0 amide bonds. The zero-order valence-electron chi connectivity index (χ0n) is 13.1. The molecule has 24 heavy (non-hydrogen) atoms. The summed E-state index contributed by atoms with van der Waals surface area (Å²) in [6.07, 6.45) is 2.49. The van der Waals surface area contributed by atoms with Crippen LogP contribution in [0.15, 0.2) is 22.6 Å². The van der Waals surface area contributed by atoms with Crippen molar-refractivity contribution >= 4 is 45.4 Å². The summed E-state index contributed by atoms with van der Waals surface area (Å²) in [6, 6.07) is 6.06. The average Bonchev–Trinajstić information content (AvgIpc) is 3.15. The minimum absolute atomic E-state index is 0.267. The SMILES string of the molecule is Nc1nc(N2C[C@@H]3CCCN[C@@H]3C2)c2oc3ccc(Cl)cc3c2n1. The van der Waals surface area contributed by atoms with Gasteiger partial charge in [-0.3, -0.25) is 0 Å². The minimum atomic E-state index is 0.267. The highest BCUT2D eigenvalue weighted by molar-refractivity contribution is 6.31. The Kier molecular flexibility index (Phi) is 3.11. The van der Waals surface area contributed by atoms with Gasteiger partial charge in [0.2, 0.25) is 5.95 Å². The average molecular weight is 344 g/mol. The maximum absolute atomic E-state index is 6.13. The van der Waals surface area contributed by atoms with Crippen molar-refractivity contribution in [1.29, 1.82) is 0 Å². The summed E-state index contributed by atoms with van der Waals surface area (Å²) in [5.74, 6) is 1.72. The fraction of sp³-hybridized carbons (Fsp3) is 0.412. The molecule has 1 aromatic carbocycles. The van der Waals surface area contributed by atoms with E-state index in [0.29, 0.717) is 22.6 Å². The van der Waals surface area contributed by atoms with Crippen molar-refractivity contribution in [3.63, 3.8) is 0 Å². The van der Waals surface area contributed by atoms with E-state index in [-0.39, 0.29) is 5.95 Å². The molecule has 124 valence electrons. The van der Waals surface area contributed by atoms with Gasteiger partial charge in [-0.25, -0.2) is 4.98 Å². The molecule has 0 unspecified atom stereocenters. The van der Waals surface area contributed by atoms with Crippen LogP contribution in [0.2, 0.25) is 5.02 Å². The van der Waals surface area contributed by atoms with Crippen molar-refractivity contribution in [1.82, 2.24) is 15.3 Å². The van der Waals surface area contributed by atoms with Crippen LogP contribution in [0.5, 0.6) is 0 Å². The predicted octanol–water partition coefficient (Wildman–Crippen LogP) is 2.80. The number of nitrogens with one attached hydrogen (secondary N) is 1. The first-order valence-electron chi connectivity index (χ1n) is 8.32. The van der Waals surface area contributed by atoms with Gasteiger partial charge in [0.25, 0.3) is 0 Å². The van der Waals surface area contributed by atoms with Gasteiger partial charge < -0.3 is 20.4 Å². The number of halogens is 1. The number of rotatable bonds is 1. The molecule has 7 heteroatoms. The van der Waals surface area contributed by atoms with Crippen molar-refractivity contribution in [3.05, 3.63) is 23.2 Å². The second-order valence-electron chi connectivity index (χ2n) is 6.69. The highest BCUT2D eigenvalue weighted by Gasteiger charge is 2.36. The molecule has 4 heterocycles. The maximum Gasteiger partial charge on any atom is 0.222 e. The van der Waals surface area contributed by atoms with Crippen LogP contribution in [0, 0.1) is 5.92 Å². The van der Waals surface area contributed by atoms with Gasteiger partial charge in [-0.15, -0.1) is 0 Å². The number of piperidine rings is 1. The van der Waals surface area contributed by atoms with Crippen LogP contribution in [0.3, 0.4) is 0 Å². The highest BCUT2D eigenvalue weighted by atomic mass is 35.5. The zero-order valence-corrected chi connectivity index (χ0v) is 13.9. The Morgan fingerprint density at radius 3 is 3.08 bits per heavy atom. The number of nitrogen functional groups attached to an aromatic ring is 1. The third kappa shape index (κ3) is 2.13. The van der Waals surface area contributed by atoms with Crippen LogP contribution in [0.4, 0.5) is 11.8 Å². The number of fused-ring (bicyclic) bond motifs is 4. The number of anilines is 2. The van der Waals surface area contributed by atoms with Crippen molar-refractivity contribution < 1.29 is 4.42 Å². The third-order valence-corrected chi connectivity index (χ3v) is 5.41. The van der Waals surface area contributed by atoms with Crippen LogP contribution in [-0.4, -0.2) is 35.6 Å². The summed E-state index contributed by atoms with van der Waals surface area (Å²) in [7, 11) is 0. The number of nitrogens with two attached hydrogens (primary N) is 1. The first kappa shape index (κ1) is 14.3. The van der Waals surface area contributed by atoms with Gasteiger partial charge >= 0.3 is 0 Å². The third-order valence-electron chi connectivity index (χ3n) is 5.17. The maximum atomic E-state index is 6.13. The van der Waals surface area contributed by atoms with Crippen LogP contribution in [0.1, 0.15) is 12.8 Å². The fourth-order valence-electron chi connectivity index (χ4n) is 4.05. The Morgan fingerprint density at radius 2 is 2.21 bits per heavy atom. The van der Waals surface area contributed by atoms with E-state index in [4.69, 9.17) is 21.8 Å². The second kappa shape index (κ2) is 5.22. The number of benzene rings is 1. The molecular weight excluding hydrogens is 326 g/mol. The topological polar surface area (TPSA) is 80.2 Å². The number of hydrogen-bond acceptors (Lipinski definition) is 6. The monoisotopic (exact) mass is 343 g/mol. The molecule has 0 bridgehead atoms. The molecule has 3 aromatic rings. The Morgan fingerprint density at radius 1 is 1.29 bits per heavy atom. The van der Waals surface area contributed by atoms with E-state index < -0.39 is 0 Å². The predicted molar refractivity (Wildman–Crippen MR) is 95.5 cm³/mol. The number of furan rings is 1. The molecular formula is C17H18ClN5O. The lowest BCUT2D eigenvalue weighted by atomic mass is 9.94. The fourth-order valence-corrected chi connectivity index (χ4v) is 4.22. The Balaban J connectivity index is 1.67. The first-order valence-corrected chi connectivity index (χ1v) is 8.70. The lowest BCUT2D eigenvalue weighted by molar-refractivity contribution is 0.340. The van der Waals surface area contributed by atoms with E-state index in [1.807, 2.05) is 18.2 Å². The number of nitrogens with zero attached hydrogens (tertiary/aromatic N) is 3. The van der Waals surface area contributed by atoms with Gasteiger partial charge in [0.15, 0.2) is 11.4 Å². The lowest BCUT2D eigenvalue weighted by Gasteiger charge is -2.24. The second-order valence-corrected chi connectivity index (χ2v) is 7.13. The summed E-state index contributed by atoms with van der Waals surface area (Å²) < 4.78 is 6.06. The van der Waals surface area contributed by atoms with Gasteiger partial charge in [0, 0.05) is 29.5 Å². The smallest absolute Gasteiger partial charge is 0.222 e. The summed E-state index contributed by atoms with van der Waals surface area (Å²) in [5.41, 5.74) is 8.17. The standard InChI is InChI=1S/C17H18ClN5O/c18-10-3-4-13-11(6-10)14-15(24-13)16(22-17(19)21-14)23-7-9-2-1-5-20-12(9)8-23/h3-4,6,9,12,20H,1-2,5,7-8H2,(H2,19,21,22)/t9-,12+/m0/s1. The largest absolute Gasteiger partial charge is 0.450 e. The molecule has 2 aliphatic heterocycles. The van der Waals surface area contributed by atoms with E-state index in [1.54, 1.807) is 0 Å². The quantitative estimate of drug-likeness (QED) is 0.707. The summed E-state index contributed by atoms with van der Waals surface area (Å²) in [4.78, 5) is 11.2. The van der Waals surface area contributed by atoms with Crippen LogP contribution < -0.4 is 16.0 Å². The van der Waals surface area contributed by atoms with Crippen LogP contribution >= 0.6 is 11.6 Å². The Bertz CT molecular complexity index is 926. The molecule has 0 aliphatic carbocycles. The van der Waals surface area contributed by atoms with Gasteiger partial charge in [0.05, 0.1) is 0 Å². The van der Waals surface area contributed by atoms with E-state index >= 15 is 0 Å². The molecule has 0 radical (unpaired) electrons. The molecule has 2 aliphatic rings.